The molecule has 2 fully saturated rings. The van der Waals surface area contributed by atoms with Gasteiger partial charge in [-0.2, -0.15) is 0 Å². The predicted molar refractivity (Wildman–Crippen MR) is 110 cm³/mol. The Hall–Kier alpha value is -3.15. The maximum Gasteiger partial charge on any atom is 0.266 e. The Labute approximate surface area is 173 Å². The number of hydroxylamine groups is 1. The molecule has 6 heteroatoms. The van der Waals surface area contributed by atoms with Gasteiger partial charge in [0.2, 0.25) is 5.91 Å². The number of nitrogens with zero attached hydrogens (tertiary/aromatic N) is 2. The van der Waals surface area contributed by atoms with Crippen LogP contribution < -0.4 is 9.96 Å². The van der Waals surface area contributed by atoms with Gasteiger partial charge in [0.15, 0.2) is 6.10 Å². The third kappa shape index (κ3) is 2.90. The van der Waals surface area contributed by atoms with Crippen molar-refractivity contribution in [3.8, 4) is 0 Å². The molecule has 0 aromatic heterocycles. The number of carbonyl (C=O) groups excluding carboxylic acids is 2. The zero-order valence-electron chi connectivity index (χ0n) is 15.3. The lowest BCUT2D eigenvalue weighted by Crippen LogP contribution is -2.37. The molecule has 3 atom stereocenters. The minimum absolute atomic E-state index is 0.269. The molecule has 0 spiro atoms. The van der Waals surface area contributed by atoms with Gasteiger partial charge < -0.3 is 0 Å². The van der Waals surface area contributed by atoms with E-state index >= 15 is 0 Å². The summed E-state index contributed by atoms with van der Waals surface area (Å²) in [4.78, 5) is 33.9. The van der Waals surface area contributed by atoms with Crippen LogP contribution in [-0.2, 0) is 14.4 Å². The molecule has 3 aromatic carbocycles. The molecule has 0 N–H and O–H groups in total. The van der Waals surface area contributed by atoms with E-state index in [0.717, 1.165) is 11.3 Å². The second-order valence-electron chi connectivity index (χ2n) is 7.06. The molecule has 0 unspecified atom stereocenters. The van der Waals surface area contributed by atoms with E-state index < -0.39 is 18.1 Å². The molecule has 2 saturated heterocycles. The average Bonchev–Trinajstić information content (AvgIpc) is 3.27. The summed E-state index contributed by atoms with van der Waals surface area (Å²) in [6.07, 6.45) is -0.872. The van der Waals surface area contributed by atoms with Gasteiger partial charge in [0.05, 0.1) is 17.4 Å². The highest BCUT2D eigenvalue weighted by Gasteiger charge is 2.60. The fourth-order valence-corrected chi connectivity index (χ4v) is 4.17. The SMILES string of the molecule is O=C1[C@@H]2[C@@H](c3ccccc3)N(c3ccccc3)O[C@H]2C(=O)N1c1ccc(Cl)cc1. The minimum Gasteiger partial charge on any atom is -0.273 e. The summed E-state index contributed by atoms with van der Waals surface area (Å²) >= 11 is 5.96. The van der Waals surface area contributed by atoms with Crippen LogP contribution in [0.5, 0.6) is 0 Å². The number of hydrogen-bond donors (Lipinski definition) is 0. The van der Waals surface area contributed by atoms with Crippen molar-refractivity contribution in [2.24, 2.45) is 5.92 Å². The number of para-hydroxylation sites is 1. The number of imide groups is 1. The van der Waals surface area contributed by atoms with Gasteiger partial charge in [0.25, 0.3) is 5.91 Å². The largest absolute Gasteiger partial charge is 0.273 e. The highest BCUT2D eigenvalue weighted by atomic mass is 35.5. The normalized spacial score (nSPS) is 23.6. The third-order valence-electron chi connectivity index (χ3n) is 5.35. The number of rotatable bonds is 3. The molecule has 0 aliphatic carbocycles. The zero-order valence-corrected chi connectivity index (χ0v) is 16.1. The van der Waals surface area contributed by atoms with Crippen LogP contribution >= 0.6 is 11.6 Å². The van der Waals surface area contributed by atoms with Gasteiger partial charge >= 0.3 is 0 Å². The number of fused-ring (bicyclic) bond motifs is 1. The molecule has 2 aliphatic rings. The van der Waals surface area contributed by atoms with E-state index in [1.807, 2.05) is 60.7 Å². The first-order chi connectivity index (χ1) is 14.1. The summed E-state index contributed by atoms with van der Waals surface area (Å²) in [5.74, 6) is -1.27. The van der Waals surface area contributed by atoms with E-state index in [-0.39, 0.29) is 11.8 Å². The molecule has 5 rings (SSSR count). The molecular weight excluding hydrogens is 388 g/mol. The second-order valence-corrected chi connectivity index (χ2v) is 7.49. The molecule has 0 bridgehead atoms. The number of halogens is 1. The minimum atomic E-state index is -0.872. The Balaban J connectivity index is 1.58. The summed E-state index contributed by atoms with van der Waals surface area (Å²) in [5, 5.41) is 2.24. The highest BCUT2D eigenvalue weighted by molar-refractivity contribution is 6.31. The van der Waals surface area contributed by atoms with E-state index in [1.165, 1.54) is 4.90 Å². The Kier molecular flexibility index (Phi) is 4.34. The van der Waals surface area contributed by atoms with E-state index in [2.05, 4.69) is 0 Å². The van der Waals surface area contributed by atoms with Crippen molar-refractivity contribution in [1.29, 1.82) is 0 Å². The van der Waals surface area contributed by atoms with E-state index in [0.29, 0.717) is 10.7 Å². The summed E-state index contributed by atoms with van der Waals surface area (Å²) in [6.45, 7) is 0. The van der Waals surface area contributed by atoms with E-state index in [4.69, 9.17) is 16.4 Å². The van der Waals surface area contributed by atoms with Crippen molar-refractivity contribution in [2.75, 3.05) is 9.96 Å². The van der Waals surface area contributed by atoms with Gasteiger partial charge in [-0.1, -0.05) is 60.1 Å². The van der Waals surface area contributed by atoms with E-state index in [9.17, 15) is 9.59 Å². The molecule has 144 valence electrons. The van der Waals surface area contributed by atoms with Gasteiger partial charge in [0, 0.05) is 5.02 Å². The van der Waals surface area contributed by atoms with Crippen molar-refractivity contribution in [3.63, 3.8) is 0 Å². The third-order valence-corrected chi connectivity index (χ3v) is 5.60. The fraction of sp³-hybridized carbons (Fsp3) is 0.130. The summed E-state index contributed by atoms with van der Waals surface area (Å²) in [5.41, 5.74) is 2.22. The average molecular weight is 405 g/mol. The fourth-order valence-electron chi connectivity index (χ4n) is 4.05. The molecule has 2 heterocycles. The smallest absolute Gasteiger partial charge is 0.266 e. The molecule has 0 radical (unpaired) electrons. The van der Waals surface area contributed by atoms with Crippen molar-refractivity contribution in [2.45, 2.75) is 12.1 Å². The Morgan fingerprint density at radius 2 is 1.34 bits per heavy atom. The lowest BCUT2D eigenvalue weighted by Gasteiger charge is -2.28. The van der Waals surface area contributed by atoms with Gasteiger partial charge in [-0.25, -0.2) is 9.96 Å². The topological polar surface area (TPSA) is 49.9 Å². The van der Waals surface area contributed by atoms with Gasteiger partial charge in [0.1, 0.15) is 5.92 Å². The molecule has 0 saturated carbocycles. The Morgan fingerprint density at radius 3 is 2.00 bits per heavy atom. The lowest BCUT2D eigenvalue weighted by atomic mass is 9.90. The first-order valence-corrected chi connectivity index (χ1v) is 9.72. The predicted octanol–water partition coefficient (Wildman–Crippen LogP) is 4.39. The van der Waals surface area contributed by atoms with Crippen LogP contribution in [0.2, 0.25) is 5.02 Å². The van der Waals surface area contributed by atoms with Crippen LogP contribution in [0, 0.1) is 5.92 Å². The van der Waals surface area contributed by atoms with Crippen molar-refractivity contribution in [1.82, 2.24) is 0 Å². The standard InChI is InChI=1S/C23H17ClN2O3/c24-16-11-13-17(14-12-16)25-22(27)19-20(15-7-3-1-4-8-15)26(29-21(19)23(25)28)18-9-5-2-6-10-18/h1-14,19-21H/t19-,20-,21-/m1/s1. The molecule has 3 aromatic rings. The van der Waals surface area contributed by atoms with E-state index in [1.54, 1.807) is 29.3 Å². The number of hydrogen-bond acceptors (Lipinski definition) is 4. The number of anilines is 2. The van der Waals surface area contributed by atoms with Crippen molar-refractivity contribution in [3.05, 3.63) is 95.5 Å². The molecule has 5 nitrogen and oxygen atoms in total. The van der Waals surface area contributed by atoms with Crippen LogP contribution in [-0.4, -0.2) is 17.9 Å². The van der Waals surface area contributed by atoms with Crippen LogP contribution in [0.4, 0.5) is 11.4 Å². The summed E-state index contributed by atoms with van der Waals surface area (Å²) in [7, 11) is 0. The van der Waals surface area contributed by atoms with Crippen LogP contribution in [0.25, 0.3) is 0 Å². The van der Waals surface area contributed by atoms with Gasteiger partial charge in [-0.05, 0) is 42.0 Å². The maximum absolute atomic E-state index is 13.4. The number of carbonyl (C=O) groups is 2. The summed E-state index contributed by atoms with van der Waals surface area (Å²) < 4.78 is 0. The molecule has 29 heavy (non-hydrogen) atoms. The lowest BCUT2D eigenvalue weighted by molar-refractivity contribution is -0.126. The first kappa shape index (κ1) is 17.9. The van der Waals surface area contributed by atoms with Crippen LogP contribution in [0.3, 0.4) is 0 Å². The highest BCUT2D eigenvalue weighted by Crippen LogP contribution is 2.47. The van der Waals surface area contributed by atoms with Gasteiger partial charge in [-0.3, -0.25) is 14.4 Å². The number of benzene rings is 3. The molecule has 2 amide bonds. The first-order valence-electron chi connectivity index (χ1n) is 9.34. The maximum atomic E-state index is 13.4. The van der Waals surface area contributed by atoms with Crippen molar-refractivity contribution >= 4 is 34.8 Å². The zero-order chi connectivity index (χ0) is 20.0. The number of amides is 2. The summed E-state index contributed by atoms with van der Waals surface area (Å²) in [6, 6.07) is 25.5. The molecule has 2 aliphatic heterocycles. The quantitative estimate of drug-likeness (QED) is 0.607. The monoisotopic (exact) mass is 404 g/mol. The van der Waals surface area contributed by atoms with Crippen molar-refractivity contribution < 1.29 is 14.4 Å². The molecular formula is C23H17ClN2O3. The van der Waals surface area contributed by atoms with Crippen LogP contribution in [0.1, 0.15) is 11.6 Å². The Morgan fingerprint density at radius 1 is 0.724 bits per heavy atom. The van der Waals surface area contributed by atoms with Crippen LogP contribution in [0.15, 0.2) is 84.9 Å². The van der Waals surface area contributed by atoms with Gasteiger partial charge in [-0.15, -0.1) is 0 Å². The second kappa shape index (κ2) is 7.03. The Bertz CT molecular complexity index is 1060.